The van der Waals surface area contributed by atoms with Crippen LogP contribution in [-0.4, -0.2) is 35.6 Å². The predicted octanol–water partition coefficient (Wildman–Crippen LogP) is 4.20. The molecule has 1 aliphatic rings. The molecule has 1 aliphatic heterocycles. The summed E-state index contributed by atoms with van der Waals surface area (Å²) in [6, 6.07) is 9.95. The first kappa shape index (κ1) is 20.9. The lowest BCUT2D eigenvalue weighted by Crippen LogP contribution is -2.38. The van der Waals surface area contributed by atoms with Crippen molar-refractivity contribution in [3.05, 3.63) is 57.8 Å². The Morgan fingerprint density at radius 1 is 1.21 bits per heavy atom. The summed E-state index contributed by atoms with van der Waals surface area (Å²) in [4.78, 5) is 14.1. The van der Waals surface area contributed by atoms with Gasteiger partial charge in [-0.05, 0) is 30.3 Å². The van der Waals surface area contributed by atoms with Crippen LogP contribution < -0.4 is 14.4 Å². The molecule has 28 heavy (non-hydrogen) atoms. The zero-order valence-electron chi connectivity index (χ0n) is 15.1. The van der Waals surface area contributed by atoms with E-state index in [0.717, 1.165) is 37.7 Å². The van der Waals surface area contributed by atoms with Gasteiger partial charge in [0.15, 0.2) is 0 Å². The number of nitrogens with zero attached hydrogens (tertiary/aromatic N) is 1. The maximum atomic E-state index is 14.3. The number of amides is 1. The summed E-state index contributed by atoms with van der Waals surface area (Å²) in [7, 11) is -1.60. The molecule has 2 aromatic carbocycles. The minimum Gasteiger partial charge on any atom is -0.489 e. The molecule has 9 heteroatoms. The fourth-order valence-corrected chi connectivity index (χ4v) is 3.75. The normalized spacial score (nSPS) is 15.9. The van der Waals surface area contributed by atoms with E-state index in [4.69, 9.17) is 27.9 Å². The zero-order valence-corrected chi connectivity index (χ0v) is 17.4. The molecule has 5 nitrogen and oxygen atoms in total. The molecule has 0 aromatic heterocycles. The van der Waals surface area contributed by atoms with Crippen molar-refractivity contribution in [2.24, 2.45) is 0 Å². The van der Waals surface area contributed by atoms with Crippen LogP contribution in [0, 0.1) is 5.82 Å². The van der Waals surface area contributed by atoms with Crippen molar-refractivity contribution in [1.29, 1.82) is 0 Å². The Morgan fingerprint density at radius 3 is 2.46 bits per heavy atom. The van der Waals surface area contributed by atoms with Gasteiger partial charge in [-0.1, -0.05) is 23.2 Å². The number of benzene rings is 2. The summed E-state index contributed by atoms with van der Waals surface area (Å²) in [6.07, 6.45) is 2.67. The lowest BCUT2D eigenvalue weighted by atomic mass is 10.1. The summed E-state index contributed by atoms with van der Waals surface area (Å²) < 4.78 is 33.4. The summed E-state index contributed by atoms with van der Waals surface area (Å²) >= 11 is 12.1. The van der Waals surface area contributed by atoms with E-state index >= 15 is 0 Å². The van der Waals surface area contributed by atoms with Gasteiger partial charge in [-0.25, -0.2) is 8.60 Å². The maximum Gasteiger partial charge on any atom is 0.265 e. The molecule has 1 unspecified atom stereocenters. The molecule has 0 saturated carbocycles. The topological polar surface area (TPSA) is 58.6 Å². The number of piperidine rings is 1. The highest BCUT2D eigenvalue weighted by atomic mass is 35.5. The van der Waals surface area contributed by atoms with Gasteiger partial charge in [0.1, 0.15) is 28.7 Å². The van der Waals surface area contributed by atoms with E-state index < -0.39 is 22.7 Å². The first-order valence-corrected chi connectivity index (χ1v) is 11.0. The van der Waals surface area contributed by atoms with Gasteiger partial charge < -0.3 is 9.64 Å². The Labute approximate surface area is 175 Å². The van der Waals surface area contributed by atoms with Crippen LogP contribution in [0.5, 0.6) is 5.75 Å². The first-order valence-electron chi connectivity index (χ1n) is 8.64. The predicted molar refractivity (Wildman–Crippen MR) is 110 cm³/mol. The van der Waals surface area contributed by atoms with E-state index in [-0.39, 0.29) is 22.4 Å². The Kier molecular flexibility index (Phi) is 6.80. The molecule has 1 atom stereocenters. The van der Waals surface area contributed by atoms with Crippen molar-refractivity contribution in [2.45, 2.75) is 18.9 Å². The lowest BCUT2D eigenvalue weighted by molar-refractivity contribution is 0.0979. The van der Waals surface area contributed by atoms with Crippen LogP contribution in [0.1, 0.15) is 23.2 Å². The molecule has 1 N–H and O–H groups in total. The van der Waals surface area contributed by atoms with Gasteiger partial charge in [0.25, 0.3) is 5.91 Å². The Bertz CT molecular complexity index is 887. The second-order valence-corrected chi connectivity index (χ2v) is 8.38. The monoisotopic (exact) mass is 444 g/mol. The highest BCUT2D eigenvalue weighted by Gasteiger charge is 2.23. The van der Waals surface area contributed by atoms with E-state index in [0.29, 0.717) is 5.02 Å². The lowest BCUT2D eigenvalue weighted by Gasteiger charge is -2.34. The molecule has 150 valence electrons. The zero-order chi connectivity index (χ0) is 20.3. The average Bonchev–Trinajstić information content (AvgIpc) is 2.65. The SMILES string of the molecule is CS(=O)NC(=O)c1cc(Cl)c(OC2CCN(c3ccc(Cl)cc3)CC2)cc1F. The average molecular weight is 445 g/mol. The van der Waals surface area contributed by atoms with Gasteiger partial charge in [0.05, 0.1) is 10.6 Å². The van der Waals surface area contributed by atoms with Crippen LogP contribution in [-0.2, 0) is 11.0 Å². The smallest absolute Gasteiger partial charge is 0.265 e. The summed E-state index contributed by atoms with van der Waals surface area (Å²) in [5.74, 6) is -1.37. The minimum absolute atomic E-state index is 0.108. The summed E-state index contributed by atoms with van der Waals surface area (Å²) in [5.41, 5.74) is 0.820. The molecule has 1 saturated heterocycles. The molecule has 0 aliphatic carbocycles. The van der Waals surface area contributed by atoms with E-state index in [9.17, 15) is 13.4 Å². The number of nitrogens with one attached hydrogen (secondary N) is 1. The third kappa shape index (κ3) is 5.16. The first-order chi connectivity index (χ1) is 13.3. The molecule has 0 radical (unpaired) electrons. The van der Waals surface area contributed by atoms with E-state index in [2.05, 4.69) is 9.62 Å². The number of hydrogen-bond acceptors (Lipinski definition) is 4. The molecule has 1 fully saturated rings. The molecule has 0 bridgehead atoms. The molecule has 0 spiro atoms. The van der Waals surface area contributed by atoms with Crippen molar-refractivity contribution in [3.8, 4) is 5.75 Å². The van der Waals surface area contributed by atoms with Crippen molar-refractivity contribution in [2.75, 3.05) is 24.2 Å². The van der Waals surface area contributed by atoms with Gasteiger partial charge in [0, 0.05) is 49.0 Å². The summed E-state index contributed by atoms with van der Waals surface area (Å²) in [6.45, 7) is 1.57. The molecule has 1 amide bonds. The number of ether oxygens (including phenoxy) is 1. The second kappa shape index (κ2) is 9.11. The minimum atomic E-state index is -1.60. The molecular formula is C19H19Cl2FN2O3S. The Morgan fingerprint density at radius 2 is 1.86 bits per heavy atom. The van der Waals surface area contributed by atoms with Gasteiger partial charge in [0.2, 0.25) is 0 Å². The number of hydrogen-bond donors (Lipinski definition) is 1. The maximum absolute atomic E-state index is 14.3. The molecule has 1 heterocycles. The largest absolute Gasteiger partial charge is 0.489 e. The van der Waals surface area contributed by atoms with Crippen molar-refractivity contribution in [1.82, 2.24) is 4.72 Å². The number of rotatable bonds is 5. The van der Waals surface area contributed by atoms with Gasteiger partial charge in [-0.15, -0.1) is 0 Å². The fourth-order valence-electron chi connectivity index (χ4n) is 3.04. The Hall–Kier alpha value is -1.83. The molecule has 3 rings (SSSR count). The van der Waals surface area contributed by atoms with Crippen LogP contribution >= 0.6 is 23.2 Å². The van der Waals surface area contributed by atoms with Crippen molar-refractivity contribution in [3.63, 3.8) is 0 Å². The van der Waals surface area contributed by atoms with Crippen molar-refractivity contribution >= 4 is 45.8 Å². The number of anilines is 1. The van der Waals surface area contributed by atoms with Gasteiger partial charge in [-0.2, -0.15) is 0 Å². The molecular weight excluding hydrogens is 426 g/mol. The standard InChI is InChI=1S/C19H19Cl2FN2O3S/c1-28(26)23-19(25)15-10-16(21)18(11-17(15)22)27-14-6-8-24(9-7-14)13-4-2-12(20)3-5-13/h2-5,10-11,14H,6-9H2,1H3,(H,23,25). The van der Waals surface area contributed by atoms with Gasteiger partial charge in [-0.3, -0.25) is 9.52 Å². The van der Waals surface area contributed by atoms with Crippen LogP contribution in [0.2, 0.25) is 10.0 Å². The number of halogens is 3. The highest BCUT2D eigenvalue weighted by Crippen LogP contribution is 2.31. The van der Waals surface area contributed by atoms with Crippen molar-refractivity contribution < 1.29 is 18.1 Å². The van der Waals surface area contributed by atoms with E-state index in [1.54, 1.807) is 0 Å². The van der Waals surface area contributed by atoms with Crippen LogP contribution in [0.15, 0.2) is 36.4 Å². The van der Waals surface area contributed by atoms with E-state index in [1.165, 1.54) is 12.3 Å². The van der Waals surface area contributed by atoms with Crippen LogP contribution in [0.4, 0.5) is 10.1 Å². The van der Waals surface area contributed by atoms with Crippen LogP contribution in [0.25, 0.3) is 0 Å². The highest BCUT2D eigenvalue weighted by molar-refractivity contribution is 7.82. The van der Waals surface area contributed by atoms with E-state index in [1.807, 2.05) is 24.3 Å². The molecule has 2 aromatic rings. The fraction of sp³-hybridized carbons (Fsp3) is 0.316. The summed E-state index contributed by atoms with van der Waals surface area (Å²) in [5, 5.41) is 0.828. The quantitative estimate of drug-likeness (QED) is 0.750. The number of carbonyl (C=O) groups is 1. The van der Waals surface area contributed by atoms with Gasteiger partial charge >= 0.3 is 0 Å². The van der Waals surface area contributed by atoms with Crippen LogP contribution in [0.3, 0.4) is 0 Å². The second-order valence-electron chi connectivity index (χ2n) is 6.43. The number of carbonyl (C=O) groups excluding carboxylic acids is 1. The third-order valence-electron chi connectivity index (χ3n) is 4.43. The Balaban J connectivity index is 1.63. The third-order valence-corrected chi connectivity index (χ3v) is 5.45.